The van der Waals surface area contributed by atoms with Crippen molar-refractivity contribution in [3.63, 3.8) is 0 Å². The molecule has 0 unspecified atom stereocenters. The second kappa shape index (κ2) is 4.73. The zero-order chi connectivity index (χ0) is 12.3. The van der Waals surface area contributed by atoms with E-state index in [9.17, 15) is 4.79 Å². The first kappa shape index (κ1) is 11.3. The highest BCUT2D eigenvalue weighted by atomic mass is 16.4. The maximum absolute atomic E-state index is 10.6. The number of carbonyl (C=O) groups is 1. The number of anilines is 1. The Balaban J connectivity index is 1.94. The fourth-order valence-corrected chi connectivity index (χ4v) is 1.30. The number of carboxylic acid groups (broad SMARTS) is 1. The number of furan rings is 1. The lowest BCUT2D eigenvalue weighted by molar-refractivity contribution is 0.0663. The number of nitrogens with one attached hydrogen (secondary N) is 1. The lowest BCUT2D eigenvalue weighted by Crippen LogP contribution is -1.98. The Morgan fingerprint density at radius 1 is 1.47 bits per heavy atom. The van der Waals surface area contributed by atoms with Gasteiger partial charge in [-0.2, -0.15) is 0 Å². The summed E-state index contributed by atoms with van der Waals surface area (Å²) < 4.78 is 10.4. The van der Waals surface area contributed by atoms with Gasteiger partial charge in [-0.15, -0.1) is 0 Å². The summed E-state index contributed by atoms with van der Waals surface area (Å²) in [7, 11) is 0. The first-order valence-electron chi connectivity index (χ1n) is 5.19. The Morgan fingerprint density at radius 2 is 2.29 bits per heavy atom. The second-order valence-corrected chi connectivity index (χ2v) is 3.40. The molecule has 6 nitrogen and oxygen atoms in total. The smallest absolute Gasteiger partial charge is 0.371 e. The summed E-state index contributed by atoms with van der Waals surface area (Å²) in [6, 6.07) is 2.94. The van der Waals surface area contributed by atoms with Crippen LogP contribution in [0.5, 0.6) is 0 Å². The minimum absolute atomic E-state index is 0.103. The number of rotatable bonds is 5. The van der Waals surface area contributed by atoms with Gasteiger partial charge in [0.05, 0.1) is 12.7 Å². The summed E-state index contributed by atoms with van der Waals surface area (Å²) in [6.07, 6.45) is 2.46. The minimum atomic E-state index is -1.09. The Kier molecular flexibility index (Phi) is 3.13. The number of oxazole rings is 1. The van der Waals surface area contributed by atoms with Crippen LogP contribution in [-0.2, 0) is 13.0 Å². The minimum Gasteiger partial charge on any atom is -0.475 e. The van der Waals surface area contributed by atoms with Gasteiger partial charge in [-0.05, 0) is 6.07 Å². The number of nitrogens with zero attached hydrogens (tertiary/aromatic N) is 1. The van der Waals surface area contributed by atoms with Crippen LogP contribution in [0.15, 0.2) is 27.2 Å². The van der Waals surface area contributed by atoms with Crippen molar-refractivity contribution < 1.29 is 18.7 Å². The lowest BCUT2D eigenvalue weighted by Gasteiger charge is -1.98. The summed E-state index contributed by atoms with van der Waals surface area (Å²) in [4.78, 5) is 14.6. The van der Waals surface area contributed by atoms with Crippen molar-refractivity contribution in [3.8, 4) is 0 Å². The SMILES string of the molecule is CCc1cnc(CNc2ccc(C(=O)O)o2)o1. The maximum atomic E-state index is 10.6. The van der Waals surface area contributed by atoms with Gasteiger partial charge in [0.15, 0.2) is 5.88 Å². The maximum Gasteiger partial charge on any atom is 0.371 e. The molecular weight excluding hydrogens is 224 g/mol. The van der Waals surface area contributed by atoms with Crippen molar-refractivity contribution in [2.75, 3.05) is 5.32 Å². The predicted molar refractivity (Wildman–Crippen MR) is 58.9 cm³/mol. The lowest BCUT2D eigenvalue weighted by atomic mass is 10.4. The van der Waals surface area contributed by atoms with Crippen LogP contribution in [0.1, 0.15) is 29.1 Å². The Bertz CT molecular complexity index is 515. The van der Waals surface area contributed by atoms with Gasteiger partial charge in [0.1, 0.15) is 5.76 Å². The van der Waals surface area contributed by atoms with E-state index in [1.165, 1.54) is 6.07 Å². The van der Waals surface area contributed by atoms with Gasteiger partial charge >= 0.3 is 5.97 Å². The molecule has 2 rings (SSSR count). The topological polar surface area (TPSA) is 88.5 Å². The van der Waals surface area contributed by atoms with Crippen LogP contribution >= 0.6 is 0 Å². The molecule has 90 valence electrons. The van der Waals surface area contributed by atoms with E-state index in [0.29, 0.717) is 18.3 Å². The summed E-state index contributed by atoms with van der Waals surface area (Å²) in [6.45, 7) is 2.33. The molecule has 0 aliphatic carbocycles. The molecule has 0 bridgehead atoms. The van der Waals surface area contributed by atoms with Gasteiger partial charge in [-0.25, -0.2) is 9.78 Å². The Hall–Kier alpha value is -2.24. The second-order valence-electron chi connectivity index (χ2n) is 3.40. The van der Waals surface area contributed by atoms with Crippen molar-refractivity contribution in [3.05, 3.63) is 35.7 Å². The van der Waals surface area contributed by atoms with Crippen LogP contribution < -0.4 is 5.32 Å². The van der Waals surface area contributed by atoms with E-state index in [2.05, 4.69) is 10.3 Å². The zero-order valence-corrected chi connectivity index (χ0v) is 9.27. The van der Waals surface area contributed by atoms with Gasteiger partial charge in [-0.1, -0.05) is 6.92 Å². The number of aryl methyl sites for hydroxylation is 1. The van der Waals surface area contributed by atoms with Crippen molar-refractivity contribution in [2.45, 2.75) is 19.9 Å². The highest BCUT2D eigenvalue weighted by molar-refractivity contribution is 5.84. The molecule has 2 aromatic rings. The van der Waals surface area contributed by atoms with Crippen molar-refractivity contribution in [1.82, 2.24) is 4.98 Å². The largest absolute Gasteiger partial charge is 0.475 e. The van der Waals surface area contributed by atoms with E-state index >= 15 is 0 Å². The normalized spacial score (nSPS) is 10.4. The third-order valence-electron chi connectivity index (χ3n) is 2.18. The molecule has 17 heavy (non-hydrogen) atoms. The molecule has 0 aliphatic heterocycles. The van der Waals surface area contributed by atoms with Gasteiger partial charge in [0.2, 0.25) is 11.7 Å². The molecule has 0 saturated carbocycles. The number of aromatic nitrogens is 1. The molecule has 6 heteroatoms. The molecule has 0 aromatic carbocycles. The molecule has 0 aliphatic rings. The van der Waals surface area contributed by atoms with Crippen LogP contribution in [0, 0.1) is 0 Å². The third-order valence-corrected chi connectivity index (χ3v) is 2.18. The number of hydrogen-bond donors (Lipinski definition) is 2. The first-order valence-corrected chi connectivity index (χ1v) is 5.19. The molecular formula is C11H12N2O4. The monoisotopic (exact) mass is 236 g/mol. The van der Waals surface area contributed by atoms with Crippen molar-refractivity contribution in [2.24, 2.45) is 0 Å². The Labute approximate surface area is 97.3 Å². The average molecular weight is 236 g/mol. The first-order chi connectivity index (χ1) is 8.19. The summed E-state index contributed by atoms with van der Waals surface area (Å²) in [5.74, 6) is 0.526. The Morgan fingerprint density at radius 3 is 2.88 bits per heavy atom. The third kappa shape index (κ3) is 2.66. The molecule has 2 aromatic heterocycles. The van der Waals surface area contributed by atoms with Gasteiger partial charge in [-0.3, -0.25) is 0 Å². The number of aromatic carboxylic acids is 1. The van der Waals surface area contributed by atoms with E-state index in [1.807, 2.05) is 6.92 Å². The summed E-state index contributed by atoms with van der Waals surface area (Å²) in [5, 5.41) is 11.6. The van der Waals surface area contributed by atoms with E-state index < -0.39 is 5.97 Å². The molecule has 0 amide bonds. The van der Waals surface area contributed by atoms with Crippen LogP contribution in [-0.4, -0.2) is 16.1 Å². The zero-order valence-electron chi connectivity index (χ0n) is 9.27. The number of carboxylic acids is 1. The summed E-state index contributed by atoms with van der Waals surface area (Å²) >= 11 is 0. The van der Waals surface area contributed by atoms with Crippen LogP contribution in [0.25, 0.3) is 0 Å². The molecule has 0 fully saturated rings. The fourth-order valence-electron chi connectivity index (χ4n) is 1.30. The molecule has 2 N–H and O–H groups in total. The van der Waals surface area contributed by atoms with Crippen LogP contribution in [0.4, 0.5) is 5.88 Å². The van der Waals surface area contributed by atoms with Crippen LogP contribution in [0.2, 0.25) is 0 Å². The number of hydrogen-bond acceptors (Lipinski definition) is 5. The quantitative estimate of drug-likeness (QED) is 0.826. The predicted octanol–water partition coefficient (Wildman–Crippen LogP) is 2.14. The molecule has 2 heterocycles. The molecule has 0 saturated heterocycles. The average Bonchev–Trinajstić information content (AvgIpc) is 2.95. The van der Waals surface area contributed by atoms with E-state index in [-0.39, 0.29) is 5.76 Å². The summed E-state index contributed by atoms with van der Waals surface area (Å²) in [5.41, 5.74) is 0. The van der Waals surface area contributed by atoms with Crippen molar-refractivity contribution in [1.29, 1.82) is 0 Å². The van der Waals surface area contributed by atoms with Gasteiger partial charge < -0.3 is 19.3 Å². The highest BCUT2D eigenvalue weighted by Gasteiger charge is 2.09. The van der Waals surface area contributed by atoms with E-state index in [1.54, 1.807) is 12.3 Å². The van der Waals surface area contributed by atoms with Gasteiger partial charge in [0, 0.05) is 12.5 Å². The van der Waals surface area contributed by atoms with Crippen LogP contribution in [0.3, 0.4) is 0 Å². The molecule has 0 radical (unpaired) electrons. The highest BCUT2D eigenvalue weighted by Crippen LogP contribution is 2.14. The standard InChI is InChI=1S/C11H12N2O4/c1-2-7-5-12-10(16-7)6-13-9-4-3-8(17-9)11(14)15/h3-5,13H,2,6H2,1H3,(H,14,15). The van der Waals surface area contributed by atoms with E-state index in [0.717, 1.165) is 12.2 Å². The van der Waals surface area contributed by atoms with Crippen molar-refractivity contribution >= 4 is 11.9 Å². The molecule has 0 spiro atoms. The van der Waals surface area contributed by atoms with E-state index in [4.69, 9.17) is 13.9 Å². The van der Waals surface area contributed by atoms with Gasteiger partial charge in [0.25, 0.3) is 0 Å². The fraction of sp³-hybridized carbons (Fsp3) is 0.273. The molecule has 0 atom stereocenters.